The molecule has 6 heteroatoms. The van der Waals surface area contributed by atoms with Crippen LogP contribution in [0, 0.1) is 0 Å². The molecule has 2 atom stereocenters. The van der Waals surface area contributed by atoms with E-state index in [4.69, 9.17) is 4.74 Å². The van der Waals surface area contributed by atoms with Crippen LogP contribution in [-0.2, 0) is 14.3 Å². The Kier molecular flexibility index (Phi) is 53.6. The molecule has 0 aromatic heterocycles. The summed E-state index contributed by atoms with van der Waals surface area (Å²) in [5.41, 5.74) is 0. The molecule has 0 aliphatic rings. The van der Waals surface area contributed by atoms with Crippen LogP contribution in [0.4, 0.5) is 0 Å². The van der Waals surface area contributed by atoms with Gasteiger partial charge in [-0.2, -0.15) is 0 Å². The molecular formula is C60H111NO5. The van der Waals surface area contributed by atoms with Crippen molar-refractivity contribution in [3.05, 3.63) is 48.6 Å². The van der Waals surface area contributed by atoms with Crippen LogP contribution in [-0.4, -0.2) is 47.4 Å². The van der Waals surface area contributed by atoms with Gasteiger partial charge in [0.25, 0.3) is 0 Å². The summed E-state index contributed by atoms with van der Waals surface area (Å²) in [5.74, 6) is -0.180. The number of allylic oxidation sites excluding steroid dienone is 7. The Hall–Kier alpha value is -2.18. The summed E-state index contributed by atoms with van der Waals surface area (Å²) in [6, 6.07) is -0.669. The summed E-state index contributed by atoms with van der Waals surface area (Å²) < 4.78 is 5.44. The molecule has 0 heterocycles. The summed E-state index contributed by atoms with van der Waals surface area (Å²) in [6.45, 7) is 4.79. The molecule has 0 saturated carbocycles. The Balaban J connectivity index is 3.57. The van der Waals surface area contributed by atoms with Crippen molar-refractivity contribution in [3.63, 3.8) is 0 Å². The molecule has 0 fully saturated rings. The lowest BCUT2D eigenvalue weighted by Crippen LogP contribution is -2.45. The molecule has 0 bridgehead atoms. The van der Waals surface area contributed by atoms with Gasteiger partial charge < -0.3 is 20.3 Å². The number of carbonyl (C=O) groups is 2. The van der Waals surface area contributed by atoms with Gasteiger partial charge in [0.15, 0.2) is 0 Å². The van der Waals surface area contributed by atoms with E-state index in [2.05, 4.69) is 55.6 Å². The summed E-state index contributed by atoms with van der Waals surface area (Å²) in [5, 5.41) is 23.1. The third-order valence-electron chi connectivity index (χ3n) is 13.1. The minimum absolute atomic E-state index is 0.0519. The summed E-state index contributed by atoms with van der Waals surface area (Å²) in [6.07, 6.45) is 70.0. The SMILES string of the molecule is CCCCC/C=C\C/C=C\CCCCCCCC(=O)OCCCCCC/C=C\CCCC(=O)NC(CO)C(O)/C=C/CCCCCCCCCCCCCCCCCCCCCCCCC. The molecule has 1 amide bonds. The van der Waals surface area contributed by atoms with E-state index in [1.54, 1.807) is 6.08 Å². The minimum Gasteiger partial charge on any atom is -0.466 e. The van der Waals surface area contributed by atoms with Crippen LogP contribution in [0.25, 0.3) is 0 Å². The first-order valence-electron chi connectivity index (χ1n) is 28.9. The van der Waals surface area contributed by atoms with Crippen molar-refractivity contribution in [2.75, 3.05) is 13.2 Å². The van der Waals surface area contributed by atoms with E-state index in [0.29, 0.717) is 19.4 Å². The Labute approximate surface area is 410 Å². The highest BCUT2D eigenvalue weighted by Crippen LogP contribution is 2.16. The van der Waals surface area contributed by atoms with Crippen LogP contribution in [0.2, 0.25) is 0 Å². The van der Waals surface area contributed by atoms with Crippen LogP contribution in [0.1, 0.15) is 296 Å². The predicted octanol–water partition coefficient (Wildman–Crippen LogP) is 17.8. The van der Waals surface area contributed by atoms with Crippen molar-refractivity contribution in [3.8, 4) is 0 Å². The lowest BCUT2D eigenvalue weighted by Gasteiger charge is -2.19. The Morgan fingerprint density at radius 3 is 1.23 bits per heavy atom. The first-order chi connectivity index (χ1) is 32.5. The summed E-state index contributed by atoms with van der Waals surface area (Å²) in [7, 11) is 0. The highest BCUT2D eigenvalue weighted by Gasteiger charge is 2.18. The molecule has 0 rings (SSSR count). The maximum Gasteiger partial charge on any atom is 0.305 e. The van der Waals surface area contributed by atoms with Crippen LogP contribution < -0.4 is 5.32 Å². The average molecular weight is 927 g/mol. The van der Waals surface area contributed by atoms with Gasteiger partial charge in [-0.25, -0.2) is 0 Å². The maximum absolute atomic E-state index is 12.5. The fourth-order valence-electron chi connectivity index (χ4n) is 8.61. The molecule has 2 unspecified atom stereocenters. The fourth-order valence-corrected chi connectivity index (χ4v) is 8.61. The zero-order chi connectivity index (χ0) is 47.9. The van der Waals surface area contributed by atoms with Gasteiger partial charge in [0, 0.05) is 12.8 Å². The van der Waals surface area contributed by atoms with Gasteiger partial charge in [-0.3, -0.25) is 9.59 Å². The molecule has 0 spiro atoms. The van der Waals surface area contributed by atoms with Gasteiger partial charge in [0.2, 0.25) is 5.91 Å². The molecular weight excluding hydrogens is 815 g/mol. The van der Waals surface area contributed by atoms with Crippen LogP contribution in [0.15, 0.2) is 48.6 Å². The van der Waals surface area contributed by atoms with Crippen LogP contribution in [0.3, 0.4) is 0 Å². The van der Waals surface area contributed by atoms with Gasteiger partial charge in [-0.15, -0.1) is 0 Å². The highest BCUT2D eigenvalue weighted by atomic mass is 16.5. The van der Waals surface area contributed by atoms with Crippen molar-refractivity contribution in [2.24, 2.45) is 0 Å². The molecule has 66 heavy (non-hydrogen) atoms. The minimum atomic E-state index is -0.879. The predicted molar refractivity (Wildman–Crippen MR) is 287 cm³/mol. The number of ether oxygens (including phenoxy) is 1. The first-order valence-corrected chi connectivity index (χ1v) is 28.9. The molecule has 0 aliphatic heterocycles. The second-order valence-corrected chi connectivity index (χ2v) is 19.6. The number of hydrogen-bond donors (Lipinski definition) is 3. The topological polar surface area (TPSA) is 95.9 Å². The van der Waals surface area contributed by atoms with Gasteiger partial charge in [-0.05, 0) is 83.5 Å². The molecule has 386 valence electrons. The van der Waals surface area contributed by atoms with E-state index in [0.717, 1.165) is 83.5 Å². The summed E-state index contributed by atoms with van der Waals surface area (Å²) >= 11 is 0. The largest absolute Gasteiger partial charge is 0.466 e. The van der Waals surface area contributed by atoms with Crippen molar-refractivity contribution in [2.45, 2.75) is 309 Å². The first kappa shape index (κ1) is 63.8. The van der Waals surface area contributed by atoms with Gasteiger partial charge in [0.05, 0.1) is 25.4 Å². The van der Waals surface area contributed by atoms with Crippen LogP contribution >= 0.6 is 0 Å². The Bertz CT molecular complexity index is 1110. The number of amides is 1. The number of hydrogen-bond acceptors (Lipinski definition) is 5. The van der Waals surface area contributed by atoms with Crippen molar-refractivity contribution >= 4 is 11.9 Å². The number of aliphatic hydroxyl groups excluding tert-OH is 2. The van der Waals surface area contributed by atoms with Crippen molar-refractivity contribution < 1.29 is 24.5 Å². The number of esters is 1. The van der Waals surface area contributed by atoms with E-state index in [9.17, 15) is 19.8 Å². The average Bonchev–Trinajstić information content (AvgIpc) is 3.32. The molecule has 0 aromatic carbocycles. The number of aliphatic hydroxyl groups is 2. The Morgan fingerprint density at radius 2 is 0.773 bits per heavy atom. The van der Waals surface area contributed by atoms with E-state index >= 15 is 0 Å². The molecule has 3 N–H and O–H groups in total. The number of carbonyl (C=O) groups excluding carboxylic acids is 2. The van der Waals surface area contributed by atoms with Crippen LogP contribution in [0.5, 0.6) is 0 Å². The standard InChI is InChI=1S/C60H111NO5/c1-3-5-7-9-11-13-15-17-19-20-21-22-23-24-25-26-27-28-30-31-33-36-40-44-48-52-58(63)57(56-62)61-59(64)53-49-45-41-37-35-39-43-47-51-55-66-60(65)54-50-46-42-38-34-32-29-18-16-14-12-10-8-6-4-2/h12,14,18,29,37,41,48,52,57-58,62-63H,3-11,13,15-17,19-28,30-36,38-40,42-47,49-51,53-56H2,1-2H3,(H,61,64)/b14-12-,29-18-,41-37-,52-48+. The third kappa shape index (κ3) is 51.2. The normalized spacial score (nSPS) is 13.0. The zero-order valence-corrected chi connectivity index (χ0v) is 43.9. The van der Waals surface area contributed by atoms with E-state index in [-0.39, 0.29) is 18.5 Å². The van der Waals surface area contributed by atoms with Gasteiger partial charge in [-0.1, -0.05) is 249 Å². The molecule has 0 aromatic rings. The number of rotatable bonds is 53. The second kappa shape index (κ2) is 55.4. The van der Waals surface area contributed by atoms with Gasteiger partial charge in [0.1, 0.15) is 0 Å². The second-order valence-electron chi connectivity index (χ2n) is 19.6. The maximum atomic E-state index is 12.5. The monoisotopic (exact) mass is 926 g/mol. The molecule has 0 aliphatic carbocycles. The quantitative estimate of drug-likeness (QED) is 0.0321. The van der Waals surface area contributed by atoms with E-state index < -0.39 is 12.1 Å². The highest BCUT2D eigenvalue weighted by molar-refractivity contribution is 5.76. The van der Waals surface area contributed by atoms with Crippen molar-refractivity contribution in [1.82, 2.24) is 5.32 Å². The lowest BCUT2D eigenvalue weighted by molar-refractivity contribution is -0.143. The number of nitrogens with one attached hydrogen (secondary N) is 1. The lowest BCUT2D eigenvalue weighted by atomic mass is 10.0. The van der Waals surface area contributed by atoms with Gasteiger partial charge >= 0.3 is 5.97 Å². The van der Waals surface area contributed by atoms with Crippen molar-refractivity contribution in [1.29, 1.82) is 0 Å². The molecule has 6 nitrogen and oxygen atoms in total. The summed E-state index contributed by atoms with van der Waals surface area (Å²) in [4.78, 5) is 24.5. The Morgan fingerprint density at radius 1 is 0.424 bits per heavy atom. The van der Waals surface area contributed by atoms with E-state index in [1.807, 2.05) is 6.08 Å². The number of unbranched alkanes of at least 4 members (excludes halogenated alkanes) is 36. The molecule has 0 radical (unpaired) electrons. The van der Waals surface area contributed by atoms with E-state index in [1.165, 1.54) is 186 Å². The molecule has 0 saturated heterocycles. The fraction of sp³-hybridized carbons (Fsp3) is 0.833. The zero-order valence-electron chi connectivity index (χ0n) is 43.9. The third-order valence-corrected chi connectivity index (χ3v) is 13.1. The smallest absolute Gasteiger partial charge is 0.305 e.